The normalized spacial score (nSPS) is 11.5. The molecule has 0 aliphatic carbocycles. The Hall–Kier alpha value is -3.43. The quantitative estimate of drug-likeness (QED) is 0.423. The van der Waals surface area contributed by atoms with Crippen molar-refractivity contribution in [1.82, 2.24) is 15.6 Å². The molecule has 2 rings (SSSR count). The number of hydrogen-bond acceptors (Lipinski definition) is 7. The summed E-state index contributed by atoms with van der Waals surface area (Å²) in [5.41, 5.74) is 2.58. The lowest BCUT2D eigenvalue weighted by atomic mass is 9.92. The molecule has 0 aliphatic rings. The van der Waals surface area contributed by atoms with Gasteiger partial charge in [0.05, 0.1) is 23.8 Å². The molecular weight excluding hydrogens is 342 g/mol. The first-order chi connectivity index (χ1) is 12.1. The summed E-state index contributed by atoms with van der Waals surface area (Å²) < 4.78 is 4.85. The van der Waals surface area contributed by atoms with Gasteiger partial charge in [-0.05, 0) is 18.2 Å². The minimum Gasteiger partial charge on any atom is -0.504 e. The average molecular weight is 361 g/mol. The third kappa shape index (κ3) is 3.97. The molecule has 0 bridgehead atoms. The number of phenolic OH excluding ortho intramolecular Hbond substituents is 1. The Kier molecular flexibility index (Phi) is 5.24. The van der Waals surface area contributed by atoms with Crippen molar-refractivity contribution in [2.45, 2.75) is 26.2 Å². The van der Waals surface area contributed by atoms with Crippen LogP contribution in [0.1, 0.15) is 42.5 Å². The van der Waals surface area contributed by atoms with Crippen LogP contribution in [0.15, 0.2) is 23.3 Å². The van der Waals surface area contributed by atoms with Crippen LogP contribution in [-0.2, 0) is 5.41 Å². The van der Waals surface area contributed by atoms with E-state index in [1.54, 1.807) is 6.07 Å². The second-order valence-electron chi connectivity index (χ2n) is 6.43. The number of H-pyrrole nitrogens is 1. The van der Waals surface area contributed by atoms with Crippen LogP contribution in [0.3, 0.4) is 0 Å². The topological polar surface area (TPSA) is 143 Å². The largest absolute Gasteiger partial charge is 0.504 e. The third-order valence-corrected chi connectivity index (χ3v) is 3.52. The fraction of sp³-hybridized carbons (Fsp3) is 0.312. The van der Waals surface area contributed by atoms with E-state index in [4.69, 9.17) is 4.74 Å². The van der Waals surface area contributed by atoms with Crippen molar-refractivity contribution >= 4 is 17.8 Å². The van der Waals surface area contributed by atoms with Gasteiger partial charge in [0, 0.05) is 11.1 Å². The van der Waals surface area contributed by atoms with Gasteiger partial charge in [-0.3, -0.25) is 20.0 Å². The summed E-state index contributed by atoms with van der Waals surface area (Å²) in [7, 11) is 1.20. The zero-order valence-corrected chi connectivity index (χ0v) is 14.7. The lowest BCUT2D eigenvalue weighted by molar-refractivity contribution is -0.386. The molecule has 1 amide bonds. The standard InChI is InChI=1S/C16H19N5O5/c1-16(2,3)12-7-10(18-19-12)15(23)20-17-8-9-5-6-11(22)14(26-4)13(9)21(24)25/h5-8,22H,1-4H3,(H,18,19)(H,20,23)/b17-8+. The van der Waals surface area contributed by atoms with Crippen LogP contribution in [-0.4, -0.2) is 39.5 Å². The summed E-state index contributed by atoms with van der Waals surface area (Å²) in [4.78, 5) is 22.6. The van der Waals surface area contributed by atoms with Crippen molar-refractivity contribution in [2.24, 2.45) is 5.10 Å². The van der Waals surface area contributed by atoms with Gasteiger partial charge < -0.3 is 9.84 Å². The van der Waals surface area contributed by atoms with Crippen molar-refractivity contribution in [1.29, 1.82) is 0 Å². The number of aromatic nitrogens is 2. The predicted octanol–water partition coefficient (Wildman–Crippen LogP) is 2.09. The number of phenols is 1. The molecule has 10 heteroatoms. The average Bonchev–Trinajstić information content (AvgIpc) is 3.05. The number of nitrogens with zero attached hydrogens (tertiary/aromatic N) is 3. The Morgan fingerprint density at radius 2 is 2.15 bits per heavy atom. The van der Waals surface area contributed by atoms with Crippen LogP contribution < -0.4 is 10.2 Å². The van der Waals surface area contributed by atoms with Crippen molar-refractivity contribution < 1.29 is 19.6 Å². The number of amides is 1. The number of benzene rings is 1. The summed E-state index contributed by atoms with van der Waals surface area (Å²) in [6.07, 6.45) is 1.09. The first kappa shape index (κ1) is 18.9. The van der Waals surface area contributed by atoms with Crippen LogP contribution >= 0.6 is 0 Å². The molecule has 0 spiro atoms. The Morgan fingerprint density at radius 3 is 2.69 bits per heavy atom. The van der Waals surface area contributed by atoms with E-state index in [-0.39, 0.29) is 28.2 Å². The van der Waals surface area contributed by atoms with Gasteiger partial charge >= 0.3 is 5.69 Å². The summed E-state index contributed by atoms with van der Waals surface area (Å²) >= 11 is 0. The van der Waals surface area contributed by atoms with E-state index in [0.29, 0.717) is 0 Å². The van der Waals surface area contributed by atoms with Crippen molar-refractivity contribution in [3.05, 3.63) is 45.3 Å². The highest BCUT2D eigenvalue weighted by Gasteiger charge is 2.23. The van der Waals surface area contributed by atoms with Crippen molar-refractivity contribution in [2.75, 3.05) is 7.11 Å². The molecule has 0 saturated heterocycles. The first-order valence-corrected chi connectivity index (χ1v) is 7.58. The number of aromatic hydroxyl groups is 1. The Balaban J connectivity index is 2.19. The van der Waals surface area contributed by atoms with Gasteiger partial charge in [-0.2, -0.15) is 10.2 Å². The van der Waals surface area contributed by atoms with Gasteiger partial charge in [0.15, 0.2) is 11.4 Å². The number of aromatic amines is 1. The van der Waals surface area contributed by atoms with E-state index in [1.807, 2.05) is 20.8 Å². The zero-order valence-electron chi connectivity index (χ0n) is 14.7. The molecule has 0 aliphatic heterocycles. The number of hydrogen-bond donors (Lipinski definition) is 3. The SMILES string of the molecule is COc1c(O)ccc(/C=N/NC(=O)c2cc(C(C)(C)C)[nH]n2)c1[N+](=O)[O-]. The molecule has 26 heavy (non-hydrogen) atoms. The molecule has 0 radical (unpaired) electrons. The van der Waals surface area contributed by atoms with Crippen molar-refractivity contribution in [3.8, 4) is 11.5 Å². The molecule has 0 atom stereocenters. The van der Waals surface area contributed by atoms with Crippen LogP contribution in [0, 0.1) is 10.1 Å². The molecule has 1 aromatic heterocycles. The second kappa shape index (κ2) is 7.21. The predicted molar refractivity (Wildman–Crippen MR) is 93.7 cm³/mol. The maximum Gasteiger partial charge on any atom is 0.323 e. The Morgan fingerprint density at radius 1 is 1.46 bits per heavy atom. The van der Waals surface area contributed by atoms with Crippen LogP contribution in [0.25, 0.3) is 0 Å². The summed E-state index contributed by atoms with van der Waals surface area (Å²) in [6, 6.07) is 4.13. The van der Waals surface area contributed by atoms with E-state index < -0.39 is 16.5 Å². The van der Waals surface area contributed by atoms with E-state index in [0.717, 1.165) is 11.9 Å². The van der Waals surface area contributed by atoms with E-state index in [2.05, 4.69) is 20.7 Å². The highest BCUT2D eigenvalue weighted by Crippen LogP contribution is 2.37. The monoisotopic (exact) mass is 361 g/mol. The van der Waals surface area contributed by atoms with Crippen LogP contribution in [0.2, 0.25) is 0 Å². The number of hydrazone groups is 1. The summed E-state index contributed by atoms with van der Waals surface area (Å²) in [5.74, 6) is -1.22. The molecule has 0 fully saturated rings. The number of nitrogens with one attached hydrogen (secondary N) is 2. The Labute approximate surface area is 149 Å². The molecule has 2 aromatic rings. The van der Waals surface area contributed by atoms with Gasteiger partial charge in [-0.25, -0.2) is 5.43 Å². The minimum absolute atomic E-state index is 0.0577. The highest BCUT2D eigenvalue weighted by molar-refractivity contribution is 5.94. The molecule has 138 valence electrons. The lowest BCUT2D eigenvalue weighted by Gasteiger charge is -2.14. The zero-order chi connectivity index (χ0) is 19.5. The van der Waals surface area contributed by atoms with Crippen LogP contribution in [0.5, 0.6) is 11.5 Å². The smallest absolute Gasteiger partial charge is 0.323 e. The number of carbonyl (C=O) groups is 1. The maximum absolute atomic E-state index is 12.1. The number of nitro groups is 1. The van der Waals surface area contributed by atoms with E-state index >= 15 is 0 Å². The maximum atomic E-state index is 12.1. The molecule has 10 nitrogen and oxygen atoms in total. The number of methoxy groups -OCH3 is 1. The molecular formula is C16H19N5O5. The fourth-order valence-electron chi connectivity index (χ4n) is 2.11. The second-order valence-corrected chi connectivity index (χ2v) is 6.43. The van der Waals surface area contributed by atoms with Gasteiger partial charge in [-0.1, -0.05) is 20.8 Å². The Bertz CT molecular complexity index is 866. The number of rotatable bonds is 5. The van der Waals surface area contributed by atoms with E-state index in [9.17, 15) is 20.0 Å². The number of carbonyl (C=O) groups excluding carboxylic acids is 1. The molecule has 1 heterocycles. The molecule has 0 unspecified atom stereocenters. The number of ether oxygens (including phenoxy) is 1. The highest BCUT2D eigenvalue weighted by atomic mass is 16.6. The van der Waals surface area contributed by atoms with Crippen LogP contribution in [0.4, 0.5) is 5.69 Å². The molecule has 1 aromatic carbocycles. The van der Waals surface area contributed by atoms with Gasteiger partial charge in [0.1, 0.15) is 0 Å². The van der Waals surface area contributed by atoms with E-state index in [1.165, 1.54) is 19.2 Å². The van der Waals surface area contributed by atoms with Crippen molar-refractivity contribution in [3.63, 3.8) is 0 Å². The first-order valence-electron chi connectivity index (χ1n) is 7.58. The molecule has 3 N–H and O–H groups in total. The minimum atomic E-state index is -0.703. The lowest BCUT2D eigenvalue weighted by Crippen LogP contribution is -2.18. The van der Waals surface area contributed by atoms with Gasteiger partial charge in [-0.15, -0.1) is 0 Å². The van der Waals surface area contributed by atoms with Gasteiger partial charge in [0.2, 0.25) is 5.75 Å². The third-order valence-electron chi connectivity index (χ3n) is 3.52. The summed E-state index contributed by atoms with van der Waals surface area (Å²) in [6.45, 7) is 5.91. The van der Waals surface area contributed by atoms with Gasteiger partial charge in [0.25, 0.3) is 5.91 Å². The fourth-order valence-corrected chi connectivity index (χ4v) is 2.11. The summed E-state index contributed by atoms with van der Waals surface area (Å²) in [5, 5.41) is 31.3. The number of nitro benzene ring substituents is 1. The molecule has 0 saturated carbocycles.